The maximum absolute atomic E-state index is 5.66. The Morgan fingerprint density at radius 2 is 0.480 bits per heavy atom. The van der Waals surface area contributed by atoms with Gasteiger partial charge in [0.05, 0.1) is 79.3 Å². The van der Waals surface area contributed by atoms with E-state index in [2.05, 4.69) is 33.4 Å². The fourth-order valence-electron chi connectivity index (χ4n) is 4.90. The summed E-state index contributed by atoms with van der Waals surface area (Å²) in [6.45, 7) is 9.37. The lowest BCUT2D eigenvalue weighted by atomic mass is 10.1. The van der Waals surface area contributed by atoms with Crippen molar-refractivity contribution in [2.75, 3.05) is 117 Å². The summed E-state index contributed by atoms with van der Waals surface area (Å²) in [7, 11) is 4.18. The molecule has 0 saturated heterocycles. The van der Waals surface area contributed by atoms with Crippen LogP contribution in [0.4, 0.5) is 0 Å². The van der Waals surface area contributed by atoms with Crippen molar-refractivity contribution < 1.29 is 37.9 Å². The highest BCUT2D eigenvalue weighted by Crippen LogP contribution is 2.25. The van der Waals surface area contributed by atoms with Gasteiger partial charge in [0.2, 0.25) is 0 Å². The predicted octanol–water partition coefficient (Wildman–Crippen LogP) is 8.79. The molecule has 0 heterocycles. The first-order valence-electron chi connectivity index (χ1n) is 19.6. The average Bonchev–Trinajstić information content (AvgIpc) is 3.13. The van der Waals surface area contributed by atoms with Crippen molar-refractivity contribution in [3.8, 4) is 24.7 Å². The summed E-state index contributed by atoms with van der Waals surface area (Å²) in [5.41, 5.74) is 0. The summed E-state index contributed by atoms with van der Waals surface area (Å²) in [4.78, 5) is 0. The molecule has 0 aromatic carbocycles. The van der Waals surface area contributed by atoms with Gasteiger partial charge < -0.3 is 37.9 Å². The van der Waals surface area contributed by atoms with Gasteiger partial charge in [0.15, 0.2) is 0 Å². The van der Waals surface area contributed by atoms with Crippen molar-refractivity contribution in [3.05, 3.63) is 0 Å². The number of hydrogen-bond donors (Lipinski definition) is 0. The quantitative estimate of drug-likeness (QED) is 0.0343. The van der Waals surface area contributed by atoms with Gasteiger partial charge >= 0.3 is 0 Å². The molecule has 8 nitrogen and oxygen atoms in total. The number of hydrogen-bond acceptors (Lipinski definition) is 10. The highest BCUT2D eigenvalue weighted by molar-refractivity contribution is 8.76. The molecule has 0 aromatic heterocycles. The van der Waals surface area contributed by atoms with Crippen LogP contribution in [-0.2, 0) is 37.9 Å². The van der Waals surface area contributed by atoms with Gasteiger partial charge in [-0.15, -0.1) is 12.8 Å². The molecule has 0 amide bonds. The third-order valence-corrected chi connectivity index (χ3v) is 10.3. The lowest BCUT2D eigenvalue weighted by molar-refractivity contribution is 0.000914. The Bertz CT molecular complexity index is 646. The molecule has 0 fully saturated rings. The van der Waals surface area contributed by atoms with Gasteiger partial charge in [0, 0.05) is 24.7 Å². The molecule has 0 aliphatic rings. The van der Waals surface area contributed by atoms with E-state index in [0.717, 1.165) is 26.1 Å². The van der Waals surface area contributed by atoms with E-state index < -0.39 is 0 Å². The minimum atomic E-state index is 0.337. The fourth-order valence-corrected chi connectivity index (χ4v) is 7.20. The second-order valence-electron chi connectivity index (χ2n) is 12.2. The first kappa shape index (κ1) is 49.5. The zero-order valence-electron chi connectivity index (χ0n) is 31.7. The van der Waals surface area contributed by atoms with Crippen LogP contribution in [0.25, 0.3) is 0 Å². The smallest absolute Gasteiger partial charge is 0.107 e. The third-order valence-electron chi connectivity index (χ3n) is 7.72. The summed E-state index contributed by atoms with van der Waals surface area (Å²) < 4.78 is 43.4. The largest absolute Gasteiger partial charge is 0.379 e. The molecule has 50 heavy (non-hydrogen) atoms. The molecular formula is C40H74O8S2. The summed E-state index contributed by atoms with van der Waals surface area (Å²) in [5.74, 6) is 7.48. The van der Waals surface area contributed by atoms with Gasteiger partial charge in [-0.2, -0.15) is 0 Å². The van der Waals surface area contributed by atoms with Crippen molar-refractivity contribution in [1.82, 2.24) is 0 Å². The molecule has 0 spiro atoms. The topological polar surface area (TPSA) is 73.8 Å². The zero-order valence-corrected chi connectivity index (χ0v) is 33.3. The molecule has 0 aliphatic carbocycles. The number of rotatable bonds is 45. The minimum absolute atomic E-state index is 0.337. The van der Waals surface area contributed by atoms with Crippen molar-refractivity contribution in [2.24, 2.45) is 0 Å². The van der Waals surface area contributed by atoms with E-state index in [4.69, 9.17) is 50.7 Å². The van der Waals surface area contributed by atoms with Crippen LogP contribution in [0.3, 0.4) is 0 Å². The van der Waals surface area contributed by atoms with Crippen molar-refractivity contribution >= 4 is 21.6 Å². The van der Waals surface area contributed by atoms with Gasteiger partial charge in [0.25, 0.3) is 0 Å². The Balaban J connectivity index is 3.05. The molecular weight excluding hydrogens is 673 g/mol. The standard InChI is InChI=1S/C40H74O8S2/c1-3-23-41-27-31-45-35-37-47-33-29-43-25-19-15-11-7-5-9-13-17-21-39-49-50-40-22-18-14-10-6-8-12-16-20-26-44-30-34-48-38-36-46-32-28-42-24-4-2/h1-2H,5-40H2. The average molecular weight is 747 g/mol. The summed E-state index contributed by atoms with van der Waals surface area (Å²) in [5, 5.41) is 0. The lowest BCUT2D eigenvalue weighted by Crippen LogP contribution is -2.12. The predicted molar refractivity (Wildman–Crippen MR) is 212 cm³/mol. The highest BCUT2D eigenvalue weighted by Gasteiger charge is 1.98. The van der Waals surface area contributed by atoms with Crippen LogP contribution in [0.5, 0.6) is 0 Å². The van der Waals surface area contributed by atoms with E-state index in [-0.39, 0.29) is 0 Å². The molecule has 10 heteroatoms. The van der Waals surface area contributed by atoms with Gasteiger partial charge in [-0.1, -0.05) is 123 Å². The zero-order chi connectivity index (χ0) is 35.9. The summed E-state index contributed by atoms with van der Waals surface area (Å²) in [6.07, 6.45) is 34.3. The van der Waals surface area contributed by atoms with Crippen LogP contribution >= 0.6 is 21.6 Å². The Hall–Kier alpha value is -0.500. The van der Waals surface area contributed by atoms with Crippen LogP contribution in [0, 0.1) is 24.7 Å². The van der Waals surface area contributed by atoms with Crippen molar-refractivity contribution in [3.63, 3.8) is 0 Å². The maximum Gasteiger partial charge on any atom is 0.107 e. The van der Waals surface area contributed by atoms with Crippen LogP contribution < -0.4 is 0 Å². The first-order valence-corrected chi connectivity index (χ1v) is 22.1. The normalized spacial score (nSPS) is 11.2. The number of unbranched alkanes of at least 4 members (excludes halogenated alkanes) is 16. The Morgan fingerprint density at radius 1 is 0.260 bits per heavy atom. The van der Waals surface area contributed by atoms with E-state index in [0.29, 0.717) is 92.5 Å². The molecule has 294 valence electrons. The van der Waals surface area contributed by atoms with E-state index in [1.54, 1.807) is 0 Å². The van der Waals surface area contributed by atoms with Crippen LogP contribution in [0.15, 0.2) is 0 Å². The van der Waals surface area contributed by atoms with Gasteiger partial charge in [-0.3, -0.25) is 0 Å². The van der Waals surface area contributed by atoms with Crippen molar-refractivity contribution in [1.29, 1.82) is 0 Å². The number of ether oxygens (including phenoxy) is 8. The Morgan fingerprint density at radius 3 is 0.760 bits per heavy atom. The molecule has 0 N–H and O–H groups in total. The van der Waals surface area contributed by atoms with Gasteiger partial charge in [0.1, 0.15) is 13.2 Å². The summed E-state index contributed by atoms with van der Waals surface area (Å²) >= 11 is 0. The Kier molecular flexibility index (Phi) is 48.0. The molecule has 0 radical (unpaired) electrons. The third kappa shape index (κ3) is 47.5. The van der Waals surface area contributed by atoms with Crippen LogP contribution in [0.2, 0.25) is 0 Å². The molecule has 0 aliphatic heterocycles. The van der Waals surface area contributed by atoms with E-state index >= 15 is 0 Å². The Labute approximate surface area is 316 Å². The molecule has 0 rings (SSSR count). The highest BCUT2D eigenvalue weighted by atomic mass is 33.1. The summed E-state index contributed by atoms with van der Waals surface area (Å²) in [6, 6.07) is 0. The second kappa shape index (κ2) is 48.5. The first-order chi connectivity index (χ1) is 24.9. The minimum Gasteiger partial charge on any atom is -0.379 e. The fraction of sp³-hybridized carbons (Fsp3) is 0.900. The maximum atomic E-state index is 5.66. The monoisotopic (exact) mass is 746 g/mol. The van der Waals surface area contributed by atoms with E-state index in [9.17, 15) is 0 Å². The molecule has 0 bridgehead atoms. The van der Waals surface area contributed by atoms with Gasteiger partial charge in [-0.25, -0.2) is 0 Å². The number of terminal acetylenes is 2. The molecule has 0 aromatic rings. The van der Waals surface area contributed by atoms with Gasteiger partial charge in [-0.05, 0) is 25.7 Å². The van der Waals surface area contributed by atoms with Crippen molar-refractivity contribution in [2.45, 2.75) is 116 Å². The molecule has 0 atom stereocenters. The molecule has 0 saturated carbocycles. The van der Waals surface area contributed by atoms with E-state index in [1.807, 2.05) is 0 Å². The van der Waals surface area contributed by atoms with Crippen LogP contribution in [0.1, 0.15) is 116 Å². The van der Waals surface area contributed by atoms with Crippen LogP contribution in [-0.4, -0.2) is 117 Å². The lowest BCUT2D eigenvalue weighted by Gasteiger charge is -2.07. The van der Waals surface area contributed by atoms with E-state index in [1.165, 1.54) is 114 Å². The SMILES string of the molecule is C#CCOCCOCCOCCOCCCCCCCCCCCSSCCCCCCCCCCCOCCOCCOCCOCC#C. The molecule has 0 unspecified atom stereocenters. The second-order valence-corrected chi connectivity index (χ2v) is 14.9.